The Hall–Kier alpha value is -5.47. The van der Waals surface area contributed by atoms with Crippen LogP contribution in [0, 0.1) is 13.1 Å². The van der Waals surface area contributed by atoms with Gasteiger partial charge in [0.15, 0.2) is 0 Å². The molecule has 4 aliphatic rings. The van der Waals surface area contributed by atoms with E-state index in [1.807, 2.05) is 129 Å². The van der Waals surface area contributed by atoms with Crippen molar-refractivity contribution >= 4 is 68.8 Å². The minimum atomic E-state index is -0.634. The van der Waals surface area contributed by atoms with Crippen molar-refractivity contribution in [3.8, 4) is 23.3 Å². The molecule has 1 radical (unpaired) electrons. The number of ether oxygens (including phenoxy) is 2. The van der Waals surface area contributed by atoms with Gasteiger partial charge in [0.2, 0.25) is 23.1 Å². The first kappa shape index (κ1) is 18.9. The normalized spacial score (nSPS) is 24.6. The number of carbonyl (C=O) groups excluding carboxylic acids is 1. The van der Waals surface area contributed by atoms with Gasteiger partial charge in [0.1, 0.15) is 29.4 Å². The predicted molar refractivity (Wildman–Crippen MR) is 371 cm³/mol. The molecule has 6 heterocycles. The maximum absolute atomic E-state index is 11.7. The first-order valence-electron chi connectivity index (χ1n) is 69.3. The number of hydrogen-bond acceptors (Lipinski definition) is 14. The van der Waals surface area contributed by atoms with Crippen LogP contribution >= 0.6 is 0 Å². The fourth-order valence-electron chi connectivity index (χ4n) is 7.04. The van der Waals surface area contributed by atoms with Gasteiger partial charge in [0.05, 0.1) is 53.4 Å². The summed E-state index contributed by atoms with van der Waals surface area (Å²) in [4.78, 5) is 30.9. The molecule has 4 aromatic rings. The summed E-state index contributed by atoms with van der Waals surface area (Å²) in [6.45, 7) is 39.0. The lowest BCUT2D eigenvalue weighted by molar-refractivity contribution is 0.00578. The standard InChI is InChI=1S/C21H24BN3O4.C15H13BN3O2.C12H24B2O4.H2O.48H2/c1-20(2)21(3,4)29-22(28-20)16-9-8-15(12-14(16)13-26)27-18-11-10-17(23-5)19(24-18)25(6)7;1-17-13-6-7-14(18-15(13)19(2)3)21-11-4-5-12-10(8-11)9-20-16-12;1-9(2)10(3,4)16-13(15-9)14-17-11(5,6)12(7,8)18-14;;;;;;;;;;;;;;;;;;;;;;;;;;;;;;;;;;;;;;;;;;;;;;;;;/h8-13H,1-4,6-7H3;4-8H,9H2,2-3H3;1-8H3;1H2;48*1H/i;;;;47*1+1D;1+1. The Morgan fingerprint density at radius 1 is 0.638 bits per heavy atom. The van der Waals surface area contributed by atoms with E-state index in [-0.39, 0.29) is 29.3 Å². The molecule has 2 aromatic carbocycles. The highest BCUT2D eigenvalue weighted by atomic mass is 16.7. The Kier molecular flexibility index (Phi) is 5.62. The van der Waals surface area contributed by atoms with E-state index in [2.05, 4.69) is 19.7 Å². The average molecular weight is 1140 g/mol. The molecule has 2 N–H and O–H groups in total. The SMILES string of the molecule is CC1(C)OB(B2OC(C)(C)C(C)(C)O2)OC1(C)C.O.[2HH].[2H][2H].[2H][2H].[2H][2H].[2H][2H].[2H][2H].[2H][2H].[2H][2H].[2H][2H].[2H][2H].[2H][2H].[2H][2H].[2H][2H].[2H][2H].[2H][2H].[2H][2H].[2H][2H].[2H][2H].[2H][2H].[2H][2H].[2H][2H].[2H][2H].[2H][2H].[2H][2H].[2H][2H].[2H][2H].[2H][2H].[2H][2H].[2H][2H].[2H][2H].[2H][2H].[2H][2H].[2H][2H].[2H][2H].[2H][2H].[2H][2H].[2H][2H].[2H][2H].[2H][2H].[2H][2H].[2H][2H].[2H][2H].[2H][2H].[2H][2H].[2H][2H].[2H][2H].[2H][2H].[2H][2H].[C-]#[N+]c1ccc(Oc2ccc(B3OC(C)(C)C(C)(C)O3)c(C=O)c2)nc1N(C)C.[C-]#[N+]c1ccc(Oc2ccc3c(c2)CO[B]3)nc1N(C)C. The Bertz CT molecular complexity index is 2680. The van der Waals surface area contributed by atoms with Gasteiger partial charge in [-0.25, -0.2) is 19.7 Å². The van der Waals surface area contributed by atoms with Gasteiger partial charge in [-0.1, -0.05) is 12.1 Å². The lowest BCUT2D eigenvalue weighted by Crippen LogP contribution is -2.41. The molecule has 4 aliphatic heterocycles. The number of benzene rings is 2. The zero-order valence-corrected chi connectivity index (χ0v) is 42.6. The Balaban J connectivity index is -0.0000000232. The first-order chi connectivity index (χ1) is 78.6. The minimum absolute atomic E-state index is 0. The van der Waals surface area contributed by atoms with Gasteiger partial charge in [-0.05, 0) is 148 Å². The van der Waals surface area contributed by atoms with E-state index < -0.39 is 32.3 Å². The number of rotatable bonds is 9. The van der Waals surface area contributed by atoms with E-state index in [0.29, 0.717) is 63.9 Å². The van der Waals surface area contributed by atoms with Crippen LogP contribution in [0.2, 0.25) is 0 Å². The van der Waals surface area contributed by atoms with Gasteiger partial charge in [0, 0.05) is 175 Å². The van der Waals surface area contributed by atoms with Crippen molar-refractivity contribution in [2.24, 2.45) is 0 Å². The fraction of sp³-hybridized carbons (Fsp3) is 0.479. The number of aromatic nitrogens is 2. The zero-order chi connectivity index (χ0) is 144. The smallest absolute Gasteiger partial charge is 0.439 e. The van der Waals surface area contributed by atoms with Crippen LogP contribution in [0.5, 0.6) is 23.3 Å². The third-order valence-corrected chi connectivity index (χ3v) is 13.2. The second-order valence-corrected chi connectivity index (χ2v) is 20.2. The monoisotopic (exact) mass is 1140 g/mol. The summed E-state index contributed by atoms with van der Waals surface area (Å²) in [7, 11) is 7.48. The lowest BCUT2D eigenvalue weighted by Gasteiger charge is -2.32. The van der Waals surface area contributed by atoms with E-state index >= 15 is 0 Å². The molecule has 0 amide bonds. The van der Waals surface area contributed by atoms with Crippen LogP contribution in [-0.4, -0.2) is 112 Å². The summed E-state index contributed by atoms with van der Waals surface area (Å²) in [5, 5.41) is 0. The van der Waals surface area contributed by atoms with Gasteiger partial charge >= 0.3 is 28.6 Å². The minimum Gasteiger partial charge on any atom is -0.439 e. The zero-order valence-electron chi connectivity index (χ0n) is 137. The summed E-state index contributed by atoms with van der Waals surface area (Å²) in [5.41, 5.74) is 1.75. The van der Waals surface area contributed by atoms with Crippen molar-refractivity contribution in [1.82, 2.24) is 9.97 Å². The van der Waals surface area contributed by atoms with Crippen molar-refractivity contribution in [3.63, 3.8) is 0 Å². The molecule has 21 heteroatoms. The van der Waals surface area contributed by atoms with Crippen molar-refractivity contribution in [2.75, 3.05) is 38.0 Å². The highest BCUT2D eigenvalue weighted by molar-refractivity contribution is 7.11. The topological polar surface area (TPSA) is 173 Å². The van der Waals surface area contributed by atoms with E-state index in [1.54, 1.807) is 59.7 Å². The molecule has 3 fully saturated rings. The highest BCUT2D eigenvalue weighted by Gasteiger charge is 2.63. The molecule has 69 heavy (non-hydrogen) atoms. The number of hydrogen-bond donors (Lipinski definition) is 0. The van der Waals surface area contributed by atoms with E-state index in [4.69, 9.17) is 195 Å². The van der Waals surface area contributed by atoms with Crippen LogP contribution in [0.1, 0.15) is 240 Å². The number of fused-ring (bicyclic) bond motifs is 1. The Morgan fingerprint density at radius 3 is 1.45 bits per heavy atom. The molecule has 17 nitrogen and oxygen atoms in total. The van der Waals surface area contributed by atoms with Crippen molar-refractivity contribution in [1.29, 1.82) is 0 Å². The lowest BCUT2D eigenvalue weighted by atomic mass is 9.49. The predicted octanol–water partition coefficient (Wildman–Crippen LogP) is 19.1. The summed E-state index contributed by atoms with van der Waals surface area (Å²) in [6.07, 6.45) is 0.758. The van der Waals surface area contributed by atoms with Crippen LogP contribution in [0.15, 0.2) is 60.7 Å². The molecular weight excluding hydrogens is 880 g/mol. The van der Waals surface area contributed by atoms with E-state index in [1.165, 1.54) is 0 Å². The second-order valence-electron chi connectivity index (χ2n) is 20.2. The quantitative estimate of drug-likeness (QED) is 0.0880. The van der Waals surface area contributed by atoms with Gasteiger partial charge in [-0.15, -0.1) is 0 Å². The number of pyridine rings is 2. The number of nitrogens with zero attached hydrogens (tertiary/aromatic N) is 6. The van der Waals surface area contributed by atoms with Crippen LogP contribution in [0.3, 0.4) is 0 Å². The van der Waals surface area contributed by atoms with Crippen LogP contribution < -0.4 is 30.2 Å². The summed E-state index contributed by atoms with van der Waals surface area (Å²) in [6, 6.07) is 17.6. The van der Waals surface area contributed by atoms with E-state index in [9.17, 15) is 4.79 Å². The molecule has 0 saturated carbocycles. The third kappa shape index (κ3) is 11.8. The molecular formula is C48H159B4N6O11. The summed E-state index contributed by atoms with van der Waals surface area (Å²) in [5.74, 6) is 3.08. The molecule has 2 aromatic heterocycles. The van der Waals surface area contributed by atoms with E-state index in [0.717, 1.165) is 17.3 Å². The van der Waals surface area contributed by atoms with Gasteiger partial charge in [-0.3, -0.25) is 4.79 Å². The highest BCUT2D eigenvalue weighted by Crippen LogP contribution is 2.43. The van der Waals surface area contributed by atoms with Crippen LogP contribution in [0.4, 0.5) is 23.0 Å². The molecule has 0 spiro atoms. The molecule has 0 unspecified atom stereocenters. The molecule has 0 atom stereocenters. The Morgan fingerprint density at radius 2 is 1.04 bits per heavy atom. The average Bonchev–Trinajstić information content (AvgIpc) is 1.60. The largest absolute Gasteiger partial charge is 0.495 e. The molecule has 459 valence electrons. The Labute approximate surface area is 555 Å². The van der Waals surface area contributed by atoms with Gasteiger partial charge in [0.25, 0.3) is 0 Å². The maximum Gasteiger partial charge on any atom is 0.495 e. The number of anilines is 2. The van der Waals surface area contributed by atoms with Crippen LogP contribution in [-0.2, 0) is 39.2 Å². The second kappa shape index (κ2) is 20.5. The van der Waals surface area contributed by atoms with Crippen molar-refractivity contribution < 1.29 is 193 Å². The van der Waals surface area contributed by atoms with Gasteiger partial charge in [-0.2, -0.15) is 0 Å². The van der Waals surface area contributed by atoms with Crippen molar-refractivity contribution in [2.45, 2.75) is 123 Å². The summed E-state index contributed by atoms with van der Waals surface area (Å²) < 4.78 is 523. The number of aldehydes is 1. The summed E-state index contributed by atoms with van der Waals surface area (Å²) >= 11 is 0. The maximum atomic E-state index is 11.7. The van der Waals surface area contributed by atoms with Crippen LogP contribution in [0.25, 0.3) is 9.69 Å². The molecule has 8 rings (SSSR count). The first-order valence-corrected chi connectivity index (χ1v) is 22.3. The molecule has 3 saturated heterocycles. The fourth-order valence-corrected chi connectivity index (χ4v) is 7.04. The molecule has 0 bridgehead atoms. The van der Waals surface area contributed by atoms with Crippen molar-refractivity contribution in [3.05, 3.63) is 94.6 Å². The third-order valence-electron chi connectivity index (χ3n) is 13.2. The molecule has 0 aliphatic carbocycles. The number of carbonyl (C=O) groups is 1. The van der Waals surface area contributed by atoms with Gasteiger partial charge < -0.3 is 57.3 Å².